The molecule has 1 aromatic heterocycles. The zero-order valence-corrected chi connectivity index (χ0v) is 11.6. The Morgan fingerprint density at radius 2 is 1.44 bits per heavy atom. The summed E-state index contributed by atoms with van der Waals surface area (Å²) in [6.07, 6.45) is 0. The Balaban J connectivity index is 0.00000106. The zero-order valence-electron chi connectivity index (χ0n) is 11.6. The molecule has 1 heterocycles. The van der Waals surface area contributed by atoms with Gasteiger partial charge in [-0.05, 0) is 38.8 Å². The van der Waals surface area contributed by atoms with Gasteiger partial charge in [-0.2, -0.15) is 0 Å². The van der Waals surface area contributed by atoms with Gasteiger partial charge in [0.1, 0.15) is 6.54 Å². The molecule has 0 saturated carbocycles. The number of amides is 1. The maximum atomic E-state index is 11.3. The van der Waals surface area contributed by atoms with Crippen LogP contribution in [0.15, 0.2) is 0 Å². The molecule has 92 valence electrons. The van der Waals surface area contributed by atoms with Crippen molar-refractivity contribution < 1.29 is 4.79 Å². The third kappa shape index (κ3) is 2.87. The highest BCUT2D eigenvalue weighted by Crippen LogP contribution is 2.19. The SMILES string of the molecule is CC.CNC(=O)Cn1c(C)c(C)c(C)c1C. The Morgan fingerprint density at radius 1 is 1.06 bits per heavy atom. The van der Waals surface area contributed by atoms with Crippen molar-refractivity contribution in [1.82, 2.24) is 9.88 Å². The molecule has 3 heteroatoms. The van der Waals surface area contributed by atoms with Gasteiger partial charge in [0.25, 0.3) is 0 Å². The van der Waals surface area contributed by atoms with Gasteiger partial charge in [0.2, 0.25) is 5.91 Å². The predicted octanol–water partition coefficient (Wildman–Crippen LogP) is 2.49. The van der Waals surface area contributed by atoms with Gasteiger partial charge >= 0.3 is 0 Å². The van der Waals surface area contributed by atoms with Crippen molar-refractivity contribution in [3.05, 3.63) is 22.5 Å². The number of hydrogen-bond donors (Lipinski definition) is 1. The van der Waals surface area contributed by atoms with E-state index in [2.05, 4.69) is 37.6 Å². The van der Waals surface area contributed by atoms with E-state index in [0.29, 0.717) is 6.54 Å². The first-order valence-corrected chi connectivity index (χ1v) is 5.82. The summed E-state index contributed by atoms with van der Waals surface area (Å²) < 4.78 is 2.06. The Morgan fingerprint density at radius 3 is 1.75 bits per heavy atom. The standard InChI is InChI=1S/C11H18N2O.C2H6/c1-7-8(2)10(4)13(9(7)3)6-11(14)12-5;1-2/h6H2,1-5H3,(H,12,14);1-2H3. The maximum absolute atomic E-state index is 11.3. The number of carbonyl (C=O) groups is 1. The molecule has 0 radical (unpaired) electrons. The quantitative estimate of drug-likeness (QED) is 0.823. The summed E-state index contributed by atoms with van der Waals surface area (Å²) in [6, 6.07) is 0. The number of carbonyl (C=O) groups excluding carboxylic acids is 1. The van der Waals surface area contributed by atoms with Gasteiger partial charge < -0.3 is 9.88 Å². The lowest BCUT2D eigenvalue weighted by Crippen LogP contribution is -2.24. The molecule has 0 saturated heterocycles. The molecule has 0 aliphatic rings. The average Bonchev–Trinajstić information content (AvgIpc) is 2.49. The fourth-order valence-electron chi connectivity index (χ4n) is 1.66. The number of likely N-dealkylation sites (N-methyl/N-ethyl adjacent to an activating group) is 1. The van der Waals surface area contributed by atoms with Crippen molar-refractivity contribution in [3.63, 3.8) is 0 Å². The number of nitrogens with one attached hydrogen (secondary N) is 1. The summed E-state index contributed by atoms with van der Waals surface area (Å²) in [7, 11) is 1.66. The molecule has 0 spiro atoms. The average molecular weight is 224 g/mol. The second-order valence-corrected chi connectivity index (χ2v) is 3.68. The van der Waals surface area contributed by atoms with Gasteiger partial charge in [-0.15, -0.1) is 0 Å². The molecule has 0 fully saturated rings. The largest absolute Gasteiger partial charge is 0.358 e. The molecular weight excluding hydrogens is 200 g/mol. The molecule has 1 rings (SSSR count). The predicted molar refractivity (Wildman–Crippen MR) is 68.8 cm³/mol. The van der Waals surface area contributed by atoms with Crippen LogP contribution in [0, 0.1) is 27.7 Å². The summed E-state index contributed by atoms with van der Waals surface area (Å²) >= 11 is 0. The van der Waals surface area contributed by atoms with E-state index in [4.69, 9.17) is 0 Å². The second kappa shape index (κ2) is 6.36. The first-order chi connectivity index (χ1) is 7.49. The zero-order chi connectivity index (χ0) is 12.9. The molecule has 0 atom stereocenters. The summed E-state index contributed by atoms with van der Waals surface area (Å²) in [5.41, 5.74) is 4.94. The molecule has 0 aliphatic heterocycles. The third-order valence-electron chi connectivity index (χ3n) is 3.04. The van der Waals surface area contributed by atoms with Crippen LogP contribution in [0.4, 0.5) is 0 Å². The van der Waals surface area contributed by atoms with Crippen molar-refractivity contribution >= 4 is 5.91 Å². The van der Waals surface area contributed by atoms with Crippen LogP contribution in [-0.4, -0.2) is 17.5 Å². The van der Waals surface area contributed by atoms with Crippen molar-refractivity contribution in [2.24, 2.45) is 0 Å². The van der Waals surface area contributed by atoms with Gasteiger partial charge in [0.15, 0.2) is 0 Å². The normalized spacial score (nSPS) is 9.44. The van der Waals surface area contributed by atoms with E-state index in [1.165, 1.54) is 22.5 Å². The molecular formula is C13H24N2O. The molecule has 0 aliphatic carbocycles. The van der Waals surface area contributed by atoms with Gasteiger partial charge in [-0.25, -0.2) is 0 Å². The van der Waals surface area contributed by atoms with Crippen LogP contribution in [-0.2, 0) is 11.3 Å². The first kappa shape index (κ1) is 14.8. The van der Waals surface area contributed by atoms with E-state index in [1.807, 2.05) is 13.8 Å². The lowest BCUT2D eigenvalue weighted by atomic mass is 10.2. The molecule has 1 N–H and O–H groups in total. The smallest absolute Gasteiger partial charge is 0.239 e. The van der Waals surface area contributed by atoms with Crippen LogP contribution in [0.2, 0.25) is 0 Å². The van der Waals surface area contributed by atoms with Crippen LogP contribution >= 0.6 is 0 Å². The fraction of sp³-hybridized carbons (Fsp3) is 0.615. The molecule has 3 nitrogen and oxygen atoms in total. The maximum Gasteiger partial charge on any atom is 0.239 e. The number of aromatic nitrogens is 1. The number of nitrogens with zero attached hydrogens (tertiary/aromatic N) is 1. The van der Waals surface area contributed by atoms with Gasteiger partial charge in [0, 0.05) is 18.4 Å². The lowest BCUT2D eigenvalue weighted by molar-refractivity contribution is -0.121. The van der Waals surface area contributed by atoms with E-state index >= 15 is 0 Å². The molecule has 1 amide bonds. The van der Waals surface area contributed by atoms with E-state index in [9.17, 15) is 4.79 Å². The highest BCUT2D eigenvalue weighted by Gasteiger charge is 2.12. The number of rotatable bonds is 2. The van der Waals surface area contributed by atoms with Crippen molar-refractivity contribution in [1.29, 1.82) is 0 Å². The van der Waals surface area contributed by atoms with Crippen LogP contribution in [0.3, 0.4) is 0 Å². The third-order valence-corrected chi connectivity index (χ3v) is 3.04. The fourth-order valence-corrected chi connectivity index (χ4v) is 1.66. The van der Waals surface area contributed by atoms with E-state index in [-0.39, 0.29) is 5.91 Å². The topological polar surface area (TPSA) is 34.0 Å². The molecule has 0 aromatic carbocycles. The minimum absolute atomic E-state index is 0.0474. The summed E-state index contributed by atoms with van der Waals surface area (Å²) in [5.74, 6) is 0.0474. The van der Waals surface area contributed by atoms with Crippen molar-refractivity contribution in [2.45, 2.75) is 48.1 Å². The molecule has 1 aromatic rings. The number of hydrogen-bond acceptors (Lipinski definition) is 1. The summed E-state index contributed by atoms with van der Waals surface area (Å²) in [6.45, 7) is 12.7. The summed E-state index contributed by atoms with van der Waals surface area (Å²) in [5, 5.41) is 2.64. The van der Waals surface area contributed by atoms with Gasteiger partial charge in [-0.1, -0.05) is 13.8 Å². The van der Waals surface area contributed by atoms with Crippen LogP contribution in [0.1, 0.15) is 36.4 Å². The Kier molecular flexibility index (Phi) is 5.86. The van der Waals surface area contributed by atoms with Crippen LogP contribution < -0.4 is 5.32 Å². The van der Waals surface area contributed by atoms with Gasteiger partial charge in [0.05, 0.1) is 0 Å². The first-order valence-electron chi connectivity index (χ1n) is 5.82. The van der Waals surface area contributed by atoms with Crippen LogP contribution in [0.25, 0.3) is 0 Å². The van der Waals surface area contributed by atoms with E-state index < -0.39 is 0 Å². The molecule has 0 bridgehead atoms. The summed E-state index contributed by atoms with van der Waals surface area (Å²) in [4.78, 5) is 11.3. The van der Waals surface area contributed by atoms with E-state index in [1.54, 1.807) is 7.05 Å². The lowest BCUT2D eigenvalue weighted by Gasteiger charge is -2.08. The second-order valence-electron chi connectivity index (χ2n) is 3.68. The van der Waals surface area contributed by atoms with E-state index in [0.717, 1.165) is 0 Å². The Labute approximate surface area is 98.9 Å². The molecule has 16 heavy (non-hydrogen) atoms. The highest BCUT2D eigenvalue weighted by atomic mass is 16.1. The van der Waals surface area contributed by atoms with Gasteiger partial charge in [-0.3, -0.25) is 4.79 Å². The Bertz CT molecular complexity index is 339. The minimum atomic E-state index is 0.0474. The monoisotopic (exact) mass is 224 g/mol. The van der Waals surface area contributed by atoms with Crippen LogP contribution in [0.5, 0.6) is 0 Å². The van der Waals surface area contributed by atoms with Crippen molar-refractivity contribution in [2.75, 3.05) is 7.05 Å². The van der Waals surface area contributed by atoms with Crippen molar-refractivity contribution in [3.8, 4) is 0 Å². The highest BCUT2D eigenvalue weighted by molar-refractivity contribution is 5.75. The Hall–Kier alpha value is -1.25. The minimum Gasteiger partial charge on any atom is -0.358 e. The molecule has 0 unspecified atom stereocenters.